The Morgan fingerprint density at radius 1 is 1.13 bits per heavy atom. The molecule has 0 aliphatic carbocycles. The number of aliphatic hydroxyl groups is 2. The Bertz CT molecular complexity index is 1910. The minimum Gasteiger partial charge on any atom is -0.511 e. The monoisotopic (exact) mass is 858 g/mol. The Balaban J connectivity index is 1.52. The lowest BCUT2D eigenvalue weighted by atomic mass is 9.67. The molecule has 0 bridgehead atoms. The van der Waals surface area contributed by atoms with Crippen LogP contribution in [0.4, 0.5) is 0 Å². The predicted molar refractivity (Wildman–Crippen MR) is 221 cm³/mol. The molecule has 17 nitrogen and oxygen atoms in total. The molecule has 14 atom stereocenters. The Morgan fingerprint density at radius 2 is 1.83 bits per heavy atom. The van der Waals surface area contributed by atoms with Crippen LogP contribution in [0.25, 0.3) is 10.7 Å². The number of methoxy groups -OCH3 is 1. The van der Waals surface area contributed by atoms with Crippen LogP contribution in [0.15, 0.2) is 40.9 Å². The summed E-state index contributed by atoms with van der Waals surface area (Å²) in [7, 11) is 5.19. The number of carbonyl (C=O) groups is 3. The van der Waals surface area contributed by atoms with Gasteiger partial charge in [-0.05, 0) is 80.1 Å². The van der Waals surface area contributed by atoms with Crippen molar-refractivity contribution in [2.75, 3.05) is 21.2 Å². The molecule has 5 heterocycles. The number of nitrogens with zero attached hydrogens (tertiary/aromatic N) is 5. The lowest BCUT2D eigenvalue weighted by Crippen LogP contribution is -2.58. The van der Waals surface area contributed by atoms with Crippen LogP contribution in [0, 0.1) is 29.6 Å². The van der Waals surface area contributed by atoms with Crippen LogP contribution >= 0.6 is 11.3 Å². The summed E-state index contributed by atoms with van der Waals surface area (Å²) in [5.41, 5.74) is 4.26. The van der Waals surface area contributed by atoms with E-state index in [-0.39, 0.29) is 47.9 Å². The van der Waals surface area contributed by atoms with Gasteiger partial charge in [0.25, 0.3) is 0 Å². The average Bonchev–Trinajstić information content (AvgIpc) is 3.83. The third-order valence-electron chi connectivity index (χ3n) is 12.5. The van der Waals surface area contributed by atoms with E-state index in [0.717, 1.165) is 0 Å². The molecule has 60 heavy (non-hydrogen) atoms. The number of hydrogen-bond donors (Lipinski definition) is 3. The maximum Gasteiger partial charge on any atom is 0.337 e. The van der Waals surface area contributed by atoms with E-state index in [1.54, 1.807) is 60.7 Å². The molecule has 0 amide bonds. The number of Topliss-reactive ketones (excluding diaryl/α,β-unsaturated/α-hetero) is 1. The molecular formula is C42H62N6O11S. The number of ketones is 1. The maximum absolute atomic E-state index is 14.8. The van der Waals surface area contributed by atoms with Crippen LogP contribution in [0.2, 0.25) is 0 Å². The van der Waals surface area contributed by atoms with Gasteiger partial charge in [0.15, 0.2) is 33.8 Å². The van der Waals surface area contributed by atoms with Crippen molar-refractivity contribution in [1.29, 1.82) is 0 Å². The number of likely N-dealkylation sites (N-methyl/N-ethyl adjacent to an activating group) is 1. The zero-order chi connectivity index (χ0) is 44.4. The van der Waals surface area contributed by atoms with Crippen molar-refractivity contribution in [3.63, 3.8) is 0 Å². The van der Waals surface area contributed by atoms with Gasteiger partial charge in [-0.3, -0.25) is 14.6 Å². The number of hydrogen-bond acceptors (Lipinski definition) is 17. The van der Waals surface area contributed by atoms with Gasteiger partial charge in [0.2, 0.25) is 0 Å². The normalized spacial score (nSPS) is 37.9. The lowest BCUT2D eigenvalue weighted by Gasteiger charge is -2.47. The fourth-order valence-corrected chi connectivity index (χ4v) is 9.88. The Hall–Kier alpha value is -4.07. The quantitative estimate of drug-likeness (QED) is 0.127. The number of fused-ring (bicyclic) bond motifs is 1. The molecule has 2 saturated heterocycles. The summed E-state index contributed by atoms with van der Waals surface area (Å²) in [5, 5.41) is 37.0. The highest BCUT2D eigenvalue weighted by Gasteiger charge is 2.62. The van der Waals surface area contributed by atoms with E-state index < -0.39 is 83.4 Å². The van der Waals surface area contributed by atoms with Crippen LogP contribution in [-0.2, 0) is 42.9 Å². The molecule has 2 aromatic rings. The smallest absolute Gasteiger partial charge is 0.337 e. The average molecular weight is 859 g/mol. The van der Waals surface area contributed by atoms with E-state index in [1.807, 2.05) is 38.1 Å². The topological polar surface area (TPSA) is 227 Å². The second-order valence-electron chi connectivity index (χ2n) is 17.1. The molecule has 2 fully saturated rings. The molecule has 18 heteroatoms. The van der Waals surface area contributed by atoms with Gasteiger partial charge in [0.05, 0.1) is 23.4 Å². The van der Waals surface area contributed by atoms with E-state index in [1.165, 1.54) is 25.4 Å². The first-order chi connectivity index (χ1) is 28.2. The summed E-state index contributed by atoms with van der Waals surface area (Å²) in [6.07, 6.45) is -2.90. The van der Waals surface area contributed by atoms with Crippen molar-refractivity contribution in [1.82, 2.24) is 20.1 Å². The molecule has 3 aliphatic heterocycles. The number of ether oxygens (including phenoxy) is 5. The number of pyridine rings is 1. The standard InChI is InChI=1S/C42H62N6O11S/c1-13-28-42(9)30(29(39(53)58-42)35(43)47-59-25(7)36-45-46-37(60-36)26-16-14-15-17-44-26)22(4)31(49)20(2)19-41(8,54-12)34(23(5)32(50)24(6)38(52)56-28)57-40-33(51)27(48(10)11)18-21(3)55-40/h14-17,20-23,25,27-30,33-34,40,50-51H,13,18-19H2,1-12H3,(H2,43,47)/b32-24-/t20-,21-,22-,23+,25+,27+,28+,29-,30+,33-,34-,40+,41-,42-/m1/s1. The number of rotatable bonds is 10. The van der Waals surface area contributed by atoms with E-state index in [9.17, 15) is 24.6 Å². The van der Waals surface area contributed by atoms with Gasteiger partial charge in [0.1, 0.15) is 35.4 Å². The zero-order valence-electron chi connectivity index (χ0n) is 36.6. The van der Waals surface area contributed by atoms with E-state index in [2.05, 4.69) is 20.3 Å². The summed E-state index contributed by atoms with van der Waals surface area (Å²) >= 11 is 1.26. The fourth-order valence-electron chi connectivity index (χ4n) is 9.08. The molecule has 0 spiro atoms. The first-order valence-corrected chi connectivity index (χ1v) is 21.3. The van der Waals surface area contributed by atoms with Crippen LogP contribution in [0.3, 0.4) is 0 Å². The summed E-state index contributed by atoms with van der Waals surface area (Å²) in [6.45, 7) is 15.3. The van der Waals surface area contributed by atoms with Crippen LogP contribution in [0.1, 0.15) is 92.7 Å². The molecule has 2 aromatic heterocycles. The number of amidine groups is 1. The SMILES string of the molecule is CC[C@@H]1OC(=O)/C(C)=C(\O)[C@H](C)[C@@H](O[C@@H]2O[C@H](C)C[C@H](N(C)C)[C@H]2O)[C@](C)(OC)C[C@@H](C)C(=O)[C@H](C)[C@H]2[C@H](/C(N)=N/O[C@@H](C)c3nnc(-c4ccccn4)s3)C(=O)O[C@@]21C. The van der Waals surface area contributed by atoms with Gasteiger partial charge in [-0.2, -0.15) is 0 Å². The molecule has 332 valence electrons. The van der Waals surface area contributed by atoms with Crippen LogP contribution < -0.4 is 5.73 Å². The largest absolute Gasteiger partial charge is 0.511 e. The Labute approximate surface area is 356 Å². The summed E-state index contributed by atoms with van der Waals surface area (Å²) < 4.78 is 31.1. The Morgan fingerprint density at radius 3 is 2.45 bits per heavy atom. The molecule has 0 unspecified atom stereocenters. The van der Waals surface area contributed by atoms with Crippen molar-refractivity contribution in [2.45, 2.75) is 136 Å². The first kappa shape index (κ1) is 47.0. The number of carbonyl (C=O) groups excluding carboxylic acids is 3. The lowest BCUT2D eigenvalue weighted by molar-refractivity contribution is -0.296. The number of aromatic nitrogens is 3. The van der Waals surface area contributed by atoms with Crippen LogP contribution in [0.5, 0.6) is 0 Å². The number of aliphatic hydroxyl groups excluding tert-OH is 2. The third-order valence-corrected chi connectivity index (χ3v) is 13.7. The number of esters is 2. The maximum atomic E-state index is 14.8. The van der Waals surface area contributed by atoms with Crippen molar-refractivity contribution in [3.8, 4) is 10.7 Å². The van der Waals surface area contributed by atoms with Crippen molar-refractivity contribution < 1.29 is 53.1 Å². The molecule has 0 saturated carbocycles. The second kappa shape index (κ2) is 18.9. The van der Waals surface area contributed by atoms with E-state index in [0.29, 0.717) is 22.1 Å². The summed E-state index contributed by atoms with van der Waals surface area (Å²) in [6, 6.07) is 5.15. The predicted octanol–water partition coefficient (Wildman–Crippen LogP) is 4.75. The molecule has 0 aromatic carbocycles. The molecular weight excluding hydrogens is 797 g/mol. The van der Waals surface area contributed by atoms with Gasteiger partial charge in [-0.1, -0.05) is 50.3 Å². The molecule has 5 rings (SSSR count). The highest BCUT2D eigenvalue weighted by molar-refractivity contribution is 7.14. The Kier molecular flexibility index (Phi) is 14.8. The number of cyclic esters (lactones) is 1. The molecule has 4 N–H and O–H groups in total. The summed E-state index contributed by atoms with van der Waals surface area (Å²) in [5.74, 6) is -7.32. The number of nitrogens with two attached hydrogens (primary N) is 1. The van der Waals surface area contributed by atoms with Crippen LogP contribution in [-0.4, -0.2) is 123 Å². The highest BCUT2D eigenvalue weighted by Crippen LogP contribution is 2.48. The highest BCUT2D eigenvalue weighted by atomic mass is 32.1. The van der Waals surface area contributed by atoms with Gasteiger partial charge in [-0.25, -0.2) is 4.79 Å². The van der Waals surface area contributed by atoms with Gasteiger partial charge in [-0.15, -0.1) is 10.2 Å². The minimum absolute atomic E-state index is 0.0700. The van der Waals surface area contributed by atoms with Gasteiger partial charge < -0.3 is 49.4 Å². The fraction of sp³-hybridized carbons (Fsp3) is 0.690. The van der Waals surface area contributed by atoms with Gasteiger partial charge in [0, 0.05) is 43.0 Å². The molecule has 0 radical (unpaired) electrons. The molecule has 3 aliphatic rings. The minimum atomic E-state index is -1.57. The first-order valence-electron chi connectivity index (χ1n) is 20.5. The third kappa shape index (κ3) is 9.38. The van der Waals surface area contributed by atoms with Gasteiger partial charge >= 0.3 is 11.9 Å². The summed E-state index contributed by atoms with van der Waals surface area (Å²) in [4.78, 5) is 54.8. The second-order valence-corrected chi connectivity index (χ2v) is 18.1. The van der Waals surface area contributed by atoms with E-state index >= 15 is 0 Å². The van der Waals surface area contributed by atoms with Crippen molar-refractivity contribution >= 4 is 34.9 Å². The van der Waals surface area contributed by atoms with Crippen molar-refractivity contribution in [2.24, 2.45) is 40.5 Å². The zero-order valence-corrected chi connectivity index (χ0v) is 37.5. The van der Waals surface area contributed by atoms with Crippen molar-refractivity contribution in [3.05, 3.63) is 40.7 Å². The number of oxime groups is 1. The van der Waals surface area contributed by atoms with E-state index in [4.69, 9.17) is 34.3 Å².